The second-order valence-electron chi connectivity index (χ2n) is 6.06. The predicted octanol–water partition coefficient (Wildman–Crippen LogP) is 2.33. The zero-order chi connectivity index (χ0) is 18.6. The van der Waals surface area contributed by atoms with Gasteiger partial charge >= 0.3 is 0 Å². The maximum atomic E-state index is 12.6. The lowest BCUT2D eigenvalue weighted by Crippen LogP contribution is -2.27. The number of ether oxygens (including phenoxy) is 1. The second kappa shape index (κ2) is 7.92. The SMILES string of the molecule is COc1ccc(S(=O)(=O)NCCCc2ccco2)cc1N1CCCC1=O. The number of carbonyl (C=O) groups is 1. The fourth-order valence-electron chi connectivity index (χ4n) is 2.96. The van der Waals surface area contributed by atoms with Crippen LogP contribution in [-0.2, 0) is 21.2 Å². The van der Waals surface area contributed by atoms with Gasteiger partial charge in [0.1, 0.15) is 11.5 Å². The smallest absolute Gasteiger partial charge is 0.240 e. The van der Waals surface area contributed by atoms with E-state index in [9.17, 15) is 13.2 Å². The second-order valence-corrected chi connectivity index (χ2v) is 7.83. The summed E-state index contributed by atoms with van der Waals surface area (Å²) in [4.78, 5) is 13.7. The van der Waals surface area contributed by atoms with Gasteiger partial charge in [-0.1, -0.05) is 0 Å². The van der Waals surface area contributed by atoms with E-state index in [1.165, 1.54) is 19.2 Å². The van der Waals surface area contributed by atoms with E-state index in [0.717, 1.165) is 12.2 Å². The summed E-state index contributed by atoms with van der Waals surface area (Å²) >= 11 is 0. The number of nitrogens with one attached hydrogen (secondary N) is 1. The minimum absolute atomic E-state index is 0.0238. The van der Waals surface area contributed by atoms with E-state index in [1.54, 1.807) is 23.3 Å². The lowest BCUT2D eigenvalue weighted by molar-refractivity contribution is -0.117. The number of carbonyl (C=O) groups excluding carboxylic acids is 1. The molecule has 1 aliphatic heterocycles. The minimum atomic E-state index is -3.67. The number of aryl methyl sites for hydroxylation is 1. The number of anilines is 1. The van der Waals surface area contributed by atoms with Crippen molar-refractivity contribution in [3.63, 3.8) is 0 Å². The van der Waals surface area contributed by atoms with Crippen molar-refractivity contribution in [3.8, 4) is 5.75 Å². The van der Waals surface area contributed by atoms with Gasteiger partial charge in [0.15, 0.2) is 0 Å². The summed E-state index contributed by atoms with van der Waals surface area (Å²) in [6, 6.07) is 8.22. The van der Waals surface area contributed by atoms with Gasteiger partial charge in [-0.25, -0.2) is 13.1 Å². The van der Waals surface area contributed by atoms with Crippen molar-refractivity contribution in [3.05, 3.63) is 42.4 Å². The molecular formula is C18H22N2O5S. The molecule has 1 aliphatic rings. The Labute approximate surface area is 153 Å². The lowest BCUT2D eigenvalue weighted by Gasteiger charge is -2.20. The molecule has 0 unspecified atom stereocenters. The van der Waals surface area contributed by atoms with Gasteiger partial charge in [-0.2, -0.15) is 0 Å². The maximum Gasteiger partial charge on any atom is 0.240 e. The molecule has 0 spiro atoms. The molecule has 1 saturated heterocycles. The summed E-state index contributed by atoms with van der Waals surface area (Å²) in [5.41, 5.74) is 0.494. The molecule has 1 N–H and O–H groups in total. The molecule has 8 heteroatoms. The van der Waals surface area contributed by atoms with E-state index in [0.29, 0.717) is 43.8 Å². The van der Waals surface area contributed by atoms with Crippen LogP contribution >= 0.6 is 0 Å². The van der Waals surface area contributed by atoms with E-state index in [4.69, 9.17) is 9.15 Å². The first-order valence-electron chi connectivity index (χ1n) is 8.52. The van der Waals surface area contributed by atoms with Crippen LogP contribution in [-0.4, -0.2) is 34.5 Å². The highest BCUT2D eigenvalue weighted by Gasteiger charge is 2.26. The Hall–Kier alpha value is -2.32. The van der Waals surface area contributed by atoms with Crippen LogP contribution in [0.25, 0.3) is 0 Å². The first-order chi connectivity index (χ1) is 12.5. The van der Waals surface area contributed by atoms with Gasteiger partial charge < -0.3 is 14.1 Å². The molecule has 0 radical (unpaired) electrons. The first-order valence-corrected chi connectivity index (χ1v) is 10.00. The molecule has 1 amide bonds. The highest BCUT2D eigenvalue weighted by Crippen LogP contribution is 2.33. The highest BCUT2D eigenvalue weighted by atomic mass is 32.2. The summed E-state index contributed by atoms with van der Waals surface area (Å²) < 4.78 is 38.2. The van der Waals surface area contributed by atoms with Gasteiger partial charge in [-0.15, -0.1) is 0 Å². The van der Waals surface area contributed by atoms with Crippen molar-refractivity contribution in [2.24, 2.45) is 0 Å². The Morgan fingerprint density at radius 3 is 2.81 bits per heavy atom. The third kappa shape index (κ3) is 4.08. The number of amides is 1. The summed E-state index contributed by atoms with van der Waals surface area (Å²) in [5.74, 6) is 1.28. The fraction of sp³-hybridized carbons (Fsp3) is 0.389. The van der Waals surface area contributed by atoms with Crippen LogP contribution in [0.3, 0.4) is 0 Å². The number of benzene rings is 1. The molecular weight excluding hydrogens is 356 g/mol. The van der Waals surface area contributed by atoms with Crippen molar-refractivity contribution >= 4 is 21.6 Å². The van der Waals surface area contributed by atoms with E-state index in [1.807, 2.05) is 6.07 Å². The number of sulfonamides is 1. The number of methoxy groups -OCH3 is 1. The molecule has 0 atom stereocenters. The molecule has 0 saturated carbocycles. The average Bonchev–Trinajstić information content (AvgIpc) is 3.29. The van der Waals surface area contributed by atoms with E-state index in [2.05, 4.69) is 4.72 Å². The van der Waals surface area contributed by atoms with E-state index < -0.39 is 10.0 Å². The third-order valence-electron chi connectivity index (χ3n) is 4.30. The molecule has 0 aliphatic carbocycles. The highest BCUT2D eigenvalue weighted by molar-refractivity contribution is 7.89. The summed E-state index contributed by atoms with van der Waals surface area (Å²) in [5, 5.41) is 0. The van der Waals surface area contributed by atoms with Gasteiger partial charge in [0.25, 0.3) is 0 Å². The van der Waals surface area contributed by atoms with Crippen LogP contribution < -0.4 is 14.4 Å². The molecule has 7 nitrogen and oxygen atoms in total. The van der Waals surface area contributed by atoms with Crippen LogP contribution in [0, 0.1) is 0 Å². The Morgan fingerprint density at radius 1 is 1.31 bits per heavy atom. The average molecular weight is 378 g/mol. The molecule has 1 aromatic heterocycles. The first kappa shape index (κ1) is 18.5. The number of nitrogens with zero attached hydrogens (tertiary/aromatic N) is 1. The van der Waals surface area contributed by atoms with Crippen LogP contribution in [0.2, 0.25) is 0 Å². The molecule has 26 heavy (non-hydrogen) atoms. The Bertz CT molecular complexity index is 862. The molecule has 140 valence electrons. The predicted molar refractivity (Wildman–Crippen MR) is 96.8 cm³/mol. The van der Waals surface area contributed by atoms with Gasteiger partial charge in [0, 0.05) is 25.9 Å². The van der Waals surface area contributed by atoms with Crippen molar-refractivity contribution in [1.29, 1.82) is 0 Å². The monoisotopic (exact) mass is 378 g/mol. The van der Waals surface area contributed by atoms with Crippen molar-refractivity contribution in [2.75, 3.05) is 25.1 Å². The molecule has 1 aromatic carbocycles. The number of rotatable bonds is 8. The summed E-state index contributed by atoms with van der Waals surface area (Å²) in [7, 11) is -2.17. The van der Waals surface area contributed by atoms with Crippen LogP contribution in [0.5, 0.6) is 5.75 Å². The standard InChI is InChI=1S/C18H22N2O5S/c1-24-17-9-8-15(13-16(17)20-11-3-7-18(20)21)26(22,23)19-10-2-5-14-6-4-12-25-14/h4,6,8-9,12-13,19H,2-3,5,7,10-11H2,1H3. The fourth-order valence-corrected chi connectivity index (χ4v) is 4.05. The number of hydrogen-bond donors (Lipinski definition) is 1. The van der Waals surface area contributed by atoms with Gasteiger partial charge in [0.05, 0.1) is 24.0 Å². The maximum absolute atomic E-state index is 12.6. The minimum Gasteiger partial charge on any atom is -0.495 e. The zero-order valence-electron chi connectivity index (χ0n) is 14.6. The van der Waals surface area contributed by atoms with Crippen molar-refractivity contribution in [2.45, 2.75) is 30.6 Å². The van der Waals surface area contributed by atoms with Gasteiger partial charge in [-0.05, 0) is 43.2 Å². The quantitative estimate of drug-likeness (QED) is 0.712. The van der Waals surface area contributed by atoms with Crippen molar-refractivity contribution < 1.29 is 22.4 Å². The largest absolute Gasteiger partial charge is 0.495 e. The molecule has 2 heterocycles. The van der Waals surface area contributed by atoms with Crippen molar-refractivity contribution in [1.82, 2.24) is 4.72 Å². The third-order valence-corrected chi connectivity index (χ3v) is 5.76. The Kier molecular flexibility index (Phi) is 5.63. The molecule has 2 aromatic rings. The topological polar surface area (TPSA) is 88.8 Å². The molecule has 0 bridgehead atoms. The van der Waals surface area contributed by atoms with E-state index in [-0.39, 0.29) is 10.8 Å². The van der Waals surface area contributed by atoms with Crippen LogP contribution in [0.4, 0.5) is 5.69 Å². The zero-order valence-corrected chi connectivity index (χ0v) is 15.4. The molecule has 3 rings (SSSR count). The number of furan rings is 1. The Morgan fingerprint density at radius 2 is 2.15 bits per heavy atom. The summed E-state index contributed by atoms with van der Waals surface area (Å²) in [6.45, 7) is 0.863. The van der Waals surface area contributed by atoms with Gasteiger partial charge in [-0.3, -0.25) is 4.79 Å². The normalized spacial score (nSPS) is 14.8. The van der Waals surface area contributed by atoms with Crippen LogP contribution in [0.1, 0.15) is 25.0 Å². The summed E-state index contributed by atoms with van der Waals surface area (Å²) in [6.07, 6.45) is 4.10. The number of hydrogen-bond acceptors (Lipinski definition) is 5. The van der Waals surface area contributed by atoms with Gasteiger partial charge in [0.2, 0.25) is 15.9 Å². The Balaban J connectivity index is 1.71. The molecule has 1 fully saturated rings. The lowest BCUT2D eigenvalue weighted by atomic mass is 10.2. The van der Waals surface area contributed by atoms with Crippen LogP contribution in [0.15, 0.2) is 45.9 Å². The van der Waals surface area contributed by atoms with E-state index >= 15 is 0 Å².